The highest BCUT2D eigenvalue weighted by atomic mass is 32.2. The van der Waals surface area contributed by atoms with Gasteiger partial charge in [-0.2, -0.15) is 5.26 Å². The summed E-state index contributed by atoms with van der Waals surface area (Å²) in [6, 6.07) is 15.9. The summed E-state index contributed by atoms with van der Waals surface area (Å²) in [6.07, 6.45) is 0. The predicted molar refractivity (Wildman–Crippen MR) is 70.0 cm³/mol. The van der Waals surface area contributed by atoms with Crippen molar-refractivity contribution in [1.29, 1.82) is 5.26 Å². The molecule has 0 amide bonds. The monoisotopic (exact) mass is 243 g/mol. The minimum absolute atomic E-state index is 0.178. The molecule has 3 heteroatoms. The molecule has 2 aromatic rings. The minimum Gasteiger partial charge on any atom is -0.254 e. The van der Waals surface area contributed by atoms with Gasteiger partial charge in [0.2, 0.25) is 0 Å². The van der Waals surface area contributed by atoms with Crippen LogP contribution in [-0.4, -0.2) is 9.96 Å². The first kappa shape index (κ1) is 11.8. The van der Waals surface area contributed by atoms with Crippen molar-refractivity contribution in [2.45, 2.75) is 11.8 Å². The van der Waals surface area contributed by atoms with E-state index in [2.05, 4.69) is 6.07 Å². The lowest BCUT2D eigenvalue weighted by molar-refractivity contribution is 0.676. The summed E-state index contributed by atoms with van der Waals surface area (Å²) in [5.41, 5.74) is 0. The molecular formula is C14H13NOS. The minimum atomic E-state index is -1.09. The number of nitriles is 1. The molecule has 0 saturated carbocycles. The average molecular weight is 243 g/mol. The summed E-state index contributed by atoms with van der Waals surface area (Å²) in [6.45, 7) is 1.79. The molecule has 0 N–H and O–H groups in total. The largest absolute Gasteiger partial charge is 0.254 e. The standard InChI is InChI=1S/C14H13NOS/c1-11(9-15)10-17(16)14-7-6-12-4-2-3-5-13(12)8-14/h2-8,11H,10H2,1H3. The smallest absolute Gasteiger partial charge is 0.0662 e. The summed E-state index contributed by atoms with van der Waals surface area (Å²) < 4.78 is 12.0. The molecule has 0 aliphatic heterocycles. The summed E-state index contributed by atoms with van der Waals surface area (Å²) in [5, 5.41) is 10.9. The SMILES string of the molecule is CC(C#N)CS(=O)c1ccc2ccccc2c1. The van der Waals surface area contributed by atoms with Crippen molar-refractivity contribution in [2.24, 2.45) is 5.92 Å². The van der Waals surface area contributed by atoms with Gasteiger partial charge in [0.05, 0.1) is 22.8 Å². The molecule has 2 aromatic carbocycles. The van der Waals surface area contributed by atoms with Gasteiger partial charge >= 0.3 is 0 Å². The Morgan fingerprint density at radius 3 is 2.65 bits per heavy atom. The summed E-state index contributed by atoms with van der Waals surface area (Å²) >= 11 is 0. The van der Waals surface area contributed by atoms with E-state index in [0.717, 1.165) is 15.7 Å². The Hall–Kier alpha value is -1.66. The second kappa shape index (κ2) is 5.11. The zero-order valence-corrected chi connectivity index (χ0v) is 10.4. The number of benzene rings is 2. The zero-order valence-electron chi connectivity index (χ0n) is 9.59. The molecule has 17 heavy (non-hydrogen) atoms. The first-order valence-electron chi connectivity index (χ1n) is 5.47. The fourth-order valence-electron chi connectivity index (χ4n) is 1.67. The highest BCUT2D eigenvalue weighted by Crippen LogP contribution is 2.18. The molecule has 0 radical (unpaired) electrons. The van der Waals surface area contributed by atoms with Gasteiger partial charge in [-0.15, -0.1) is 0 Å². The third kappa shape index (κ3) is 2.72. The van der Waals surface area contributed by atoms with Gasteiger partial charge in [-0.25, -0.2) is 0 Å². The third-order valence-electron chi connectivity index (χ3n) is 2.61. The molecule has 2 nitrogen and oxygen atoms in total. The summed E-state index contributed by atoms with van der Waals surface area (Å²) in [7, 11) is -1.09. The van der Waals surface area contributed by atoms with E-state index in [-0.39, 0.29) is 5.92 Å². The Morgan fingerprint density at radius 1 is 1.24 bits per heavy atom. The lowest BCUT2D eigenvalue weighted by atomic mass is 10.1. The van der Waals surface area contributed by atoms with Crippen LogP contribution < -0.4 is 0 Å². The van der Waals surface area contributed by atoms with Crippen molar-refractivity contribution < 1.29 is 4.21 Å². The van der Waals surface area contributed by atoms with E-state index in [0.29, 0.717) is 5.75 Å². The van der Waals surface area contributed by atoms with E-state index in [9.17, 15) is 4.21 Å². The molecule has 0 fully saturated rings. The Kier molecular flexibility index (Phi) is 3.55. The maximum absolute atomic E-state index is 12.0. The van der Waals surface area contributed by atoms with Gasteiger partial charge in [0.25, 0.3) is 0 Å². The second-order valence-corrected chi connectivity index (χ2v) is 5.55. The fourth-order valence-corrected chi connectivity index (χ4v) is 2.87. The van der Waals surface area contributed by atoms with Crippen LogP contribution in [0.1, 0.15) is 6.92 Å². The van der Waals surface area contributed by atoms with Crippen LogP contribution in [0.25, 0.3) is 10.8 Å². The maximum Gasteiger partial charge on any atom is 0.0662 e. The topological polar surface area (TPSA) is 40.9 Å². The molecule has 2 unspecified atom stereocenters. The predicted octanol–water partition coefficient (Wildman–Crippen LogP) is 3.11. The normalized spacial score (nSPS) is 14.1. The van der Waals surface area contributed by atoms with Crippen molar-refractivity contribution in [3.63, 3.8) is 0 Å². The second-order valence-electron chi connectivity index (χ2n) is 4.05. The van der Waals surface area contributed by atoms with Gasteiger partial charge in [0.1, 0.15) is 0 Å². The molecule has 0 aromatic heterocycles. The molecule has 2 rings (SSSR count). The van der Waals surface area contributed by atoms with Crippen LogP contribution >= 0.6 is 0 Å². The van der Waals surface area contributed by atoms with Crippen LogP contribution in [0.2, 0.25) is 0 Å². The first-order valence-corrected chi connectivity index (χ1v) is 6.79. The van der Waals surface area contributed by atoms with Crippen LogP contribution in [-0.2, 0) is 10.8 Å². The molecule has 0 aliphatic carbocycles. The van der Waals surface area contributed by atoms with E-state index in [4.69, 9.17) is 5.26 Å². The van der Waals surface area contributed by atoms with Crippen molar-refractivity contribution >= 4 is 21.6 Å². The van der Waals surface area contributed by atoms with Crippen LogP contribution in [0, 0.1) is 17.2 Å². The van der Waals surface area contributed by atoms with E-state index >= 15 is 0 Å². The number of hydrogen-bond acceptors (Lipinski definition) is 2. The first-order chi connectivity index (χ1) is 8.20. The van der Waals surface area contributed by atoms with Crippen LogP contribution in [0.4, 0.5) is 0 Å². The molecular weight excluding hydrogens is 230 g/mol. The molecule has 0 aliphatic rings. The quantitative estimate of drug-likeness (QED) is 0.831. The molecule has 86 valence electrons. The van der Waals surface area contributed by atoms with E-state index in [1.165, 1.54) is 0 Å². The number of hydrogen-bond donors (Lipinski definition) is 0. The maximum atomic E-state index is 12.0. The Balaban J connectivity index is 2.31. The van der Waals surface area contributed by atoms with E-state index < -0.39 is 10.8 Å². The van der Waals surface area contributed by atoms with Crippen molar-refractivity contribution in [2.75, 3.05) is 5.75 Å². The molecule has 0 heterocycles. The zero-order chi connectivity index (χ0) is 12.3. The van der Waals surface area contributed by atoms with Crippen LogP contribution in [0.3, 0.4) is 0 Å². The van der Waals surface area contributed by atoms with E-state index in [1.807, 2.05) is 42.5 Å². The van der Waals surface area contributed by atoms with Gasteiger partial charge in [-0.1, -0.05) is 30.3 Å². The number of fused-ring (bicyclic) bond motifs is 1. The van der Waals surface area contributed by atoms with Crippen molar-refractivity contribution in [3.8, 4) is 6.07 Å². The highest BCUT2D eigenvalue weighted by Gasteiger charge is 2.09. The molecule has 2 atom stereocenters. The van der Waals surface area contributed by atoms with E-state index in [1.54, 1.807) is 6.92 Å². The lowest BCUT2D eigenvalue weighted by Gasteiger charge is -2.05. The van der Waals surface area contributed by atoms with Gasteiger partial charge in [-0.05, 0) is 29.8 Å². The lowest BCUT2D eigenvalue weighted by Crippen LogP contribution is -2.05. The van der Waals surface area contributed by atoms with Gasteiger partial charge in [0, 0.05) is 10.6 Å². The molecule has 0 spiro atoms. The Bertz CT molecular complexity index is 600. The highest BCUT2D eigenvalue weighted by molar-refractivity contribution is 7.85. The van der Waals surface area contributed by atoms with Crippen LogP contribution in [0.15, 0.2) is 47.4 Å². The number of rotatable bonds is 3. The van der Waals surface area contributed by atoms with Gasteiger partial charge < -0.3 is 0 Å². The summed E-state index contributed by atoms with van der Waals surface area (Å²) in [5.74, 6) is 0.219. The van der Waals surface area contributed by atoms with Crippen LogP contribution in [0.5, 0.6) is 0 Å². The average Bonchev–Trinajstić information content (AvgIpc) is 2.38. The van der Waals surface area contributed by atoms with Crippen molar-refractivity contribution in [3.05, 3.63) is 42.5 Å². The third-order valence-corrected chi connectivity index (χ3v) is 4.19. The Morgan fingerprint density at radius 2 is 1.94 bits per heavy atom. The summed E-state index contributed by atoms with van der Waals surface area (Å²) in [4.78, 5) is 0.797. The van der Waals surface area contributed by atoms with Gasteiger partial charge in [0.15, 0.2) is 0 Å². The number of nitrogens with zero attached hydrogens (tertiary/aromatic N) is 1. The van der Waals surface area contributed by atoms with Gasteiger partial charge in [-0.3, -0.25) is 4.21 Å². The molecule has 0 bridgehead atoms. The fraction of sp³-hybridized carbons (Fsp3) is 0.214. The molecule has 0 saturated heterocycles. The van der Waals surface area contributed by atoms with Crippen molar-refractivity contribution in [1.82, 2.24) is 0 Å². The Labute approximate surface area is 103 Å².